The van der Waals surface area contributed by atoms with Crippen molar-refractivity contribution in [1.82, 2.24) is 9.47 Å². The van der Waals surface area contributed by atoms with Crippen molar-refractivity contribution < 1.29 is 0 Å². The third-order valence-corrected chi connectivity index (χ3v) is 4.60. The normalized spacial score (nSPS) is 15.0. The minimum atomic E-state index is -0.0307. The largest absolute Gasteiger partial charge is 0.437 e. The van der Waals surface area contributed by atoms with Crippen LogP contribution in [0.15, 0.2) is 41.3 Å². The Hall–Kier alpha value is -2.01. The van der Waals surface area contributed by atoms with Gasteiger partial charge in [0.2, 0.25) is 7.98 Å². The highest BCUT2D eigenvalue weighted by atomic mass is 16.1. The molecule has 5 heteroatoms. The lowest BCUT2D eigenvalue weighted by Gasteiger charge is -2.11. The molecule has 1 aromatic carbocycles. The van der Waals surface area contributed by atoms with Crippen LogP contribution in [0.25, 0.3) is 0 Å². The van der Waals surface area contributed by atoms with Crippen molar-refractivity contribution in [1.29, 1.82) is 0 Å². The van der Waals surface area contributed by atoms with Gasteiger partial charge in [-0.3, -0.25) is 4.79 Å². The smallest absolute Gasteiger partial charge is 0.252 e. The monoisotopic (exact) mass is 307 g/mol. The molecule has 0 amide bonds. The molecule has 0 atom stereocenters. The highest BCUT2D eigenvalue weighted by molar-refractivity contribution is 6.15. The quantitative estimate of drug-likeness (QED) is 0.872. The Kier molecular flexibility index (Phi) is 4.86. The van der Waals surface area contributed by atoms with Crippen LogP contribution in [0, 0.1) is 0 Å². The fourth-order valence-electron chi connectivity index (χ4n) is 3.08. The average Bonchev–Trinajstić information content (AvgIpc) is 2.75. The van der Waals surface area contributed by atoms with Crippen molar-refractivity contribution in [2.75, 3.05) is 25.4 Å². The highest BCUT2D eigenvalue weighted by Gasteiger charge is 2.11. The van der Waals surface area contributed by atoms with E-state index in [1.165, 1.54) is 22.8 Å². The molecule has 118 valence electrons. The lowest BCUT2D eigenvalue weighted by atomic mass is 9.99. The third-order valence-electron chi connectivity index (χ3n) is 4.60. The van der Waals surface area contributed by atoms with E-state index in [0.29, 0.717) is 12.2 Å². The van der Waals surface area contributed by atoms with Gasteiger partial charge in [0.25, 0.3) is 5.56 Å². The number of nitrogens with zero attached hydrogens (tertiary/aromatic N) is 2. The summed E-state index contributed by atoms with van der Waals surface area (Å²) in [4.78, 5) is 14.4. The molecular formula is C18H22BN3O. The molecule has 1 aliphatic rings. The lowest BCUT2D eigenvalue weighted by molar-refractivity contribution is 0.352. The molecule has 0 bridgehead atoms. The summed E-state index contributed by atoms with van der Waals surface area (Å²) >= 11 is 0. The highest BCUT2D eigenvalue weighted by Crippen LogP contribution is 2.18. The number of pyridine rings is 1. The van der Waals surface area contributed by atoms with Crippen molar-refractivity contribution in [3.05, 3.63) is 63.6 Å². The maximum Gasteiger partial charge on any atom is 0.252 e. The molecule has 2 radical (unpaired) electrons. The van der Waals surface area contributed by atoms with Gasteiger partial charge in [0.1, 0.15) is 0 Å². The van der Waals surface area contributed by atoms with Gasteiger partial charge in [-0.05, 0) is 49.1 Å². The Morgan fingerprint density at radius 3 is 2.65 bits per heavy atom. The molecular weight excluding hydrogens is 285 g/mol. The minimum absolute atomic E-state index is 0.0307. The summed E-state index contributed by atoms with van der Waals surface area (Å²) in [7, 11) is 7.50. The maximum atomic E-state index is 12.0. The number of rotatable bonds is 4. The summed E-state index contributed by atoms with van der Waals surface area (Å²) in [6.07, 6.45) is 4.88. The van der Waals surface area contributed by atoms with Crippen molar-refractivity contribution >= 4 is 13.7 Å². The van der Waals surface area contributed by atoms with Gasteiger partial charge >= 0.3 is 0 Å². The van der Waals surface area contributed by atoms with Crippen LogP contribution in [0.1, 0.15) is 16.7 Å². The number of benzene rings is 1. The predicted octanol–water partition coefficient (Wildman–Crippen LogP) is 1.62. The number of aryl methyl sites for hydroxylation is 2. The van der Waals surface area contributed by atoms with Gasteiger partial charge in [0, 0.05) is 37.6 Å². The summed E-state index contributed by atoms with van der Waals surface area (Å²) in [5.41, 5.74) is 4.83. The van der Waals surface area contributed by atoms with Crippen molar-refractivity contribution in [2.24, 2.45) is 0 Å². The molecule has 0 spiro atoms. The summed E-state index contributed by atoms with van der Waals surface area (Å²) < 4.78 is 1.72. The molecule has 23 heavy (non-hydrogen) atoms. The number of aromatic nitrogens is 1. The number of hydrogen-bond donors (Lipinski definition) is 1. The summed E-state index contributed by atoms with van der Waals surface area (Å²) in [6.45, 7) is 2.93. The number of anilines is 1. The molecule has 0 saturated heterocycles. The predicted molar refractivity (Wildman–Crippen MR) is 95.1 cm³/mol. The molecule has 4 nitrogen and oxygen atoms in total. The van der Waals surface area contributed by atoms with E-state index in [-0.39, 0.29) is 5.56 Å². The van der Waals surface area contributed by atoms with E-state index >= 15 is 0 Å². The number of hydrogen-bond acceptors (Lipinski definition) is 3. The standard InChI is InChI=1S/C18H22BN3O/c1-21-8-5-15-3-2-14(12-16(15)6-9-21)4-10-22-11-7-17(20-19)13-18(22)23/h2-3,7,11-13,20H,4-6,8-10H2,1H3. The first-order valence-corrected chi connectivity index (χ1v) is 8.12. The van der Waals surface area contributed by atoms with Gasteiger partial charge in [0.15, 0.2) is 0 Å². The van der Waals surface area contributed by atoms with Crippen LogP contribution in [0.3, 0.4) is 0 Å². The zero-order valence-electron chi connectivity index (χ0n) is 13.6. The second-order valence-electron chi connectivity index (χ2n) is 6.25. The molecule has 0 saturated carbocycles. The van der Waals surface area contributed by atoms with E-state index in [1.54, 1.807) is 10.8 Å². The van der Waals surface area contributed by atoms with Crippen molar-refractivity contribution in [2.45, 2.75) is 25.8 Å². The lowest BCUT2D eigenvalue weighted by Crippen LogP contribution is -2.20. The molecule has 0 fully saturated rings. The van der Waals surface area contributed by atoms with Crippen LogP contribution in [0.4, 0.5) is 5.69 Å². The van der Waals surface area contributed by atoms with E-state index in [2.05, 4.69) is 35.4 Å². The number of fused-ring (bicyclic) bond motifs is 1. The number of likely N-dealkylation sites (N-methyl/N-ethyl adjacent to an activating group) is 1. The molecule has 1 aromatic heterocycles. The molecule has 2 heterocycles. The van der Waals surface area contributed by atoms with Crippen LogP contribution >= 0.6 is 0 Å². The summed E-state index contributed by atoms with van der Waals surface area (Å²) in [5, 5.41) is 2.50. The van der Waals surface area contributed by atoms with Gasteiger partial charge in [-0.1, -0.05) is 18.2 Å². The molecule has 1 aliphatic heterocycles. The topological polar surface area (TPSA) is 37.3 Å². The Balaban J connectivity index is 1.71. The summed E-state index contributed by atoms with van der Waals surface area (Å²) in [5.74, 6) is 0. The fraction of sp³-hybridized carbons (Fsp3) is 0.389. The first-order chi connectivity index (χ1) is 11.2. The van der Waals surface area contributed by atoms with Crippen LogP contribution in [-0.4, -0.2) is 37.6 Å². The third kappa shape index (κ3) is 3.85. The first-order valence-electron chi connectivity index (χ1n) is 8.12. The van der Waals surface area contributed by atoms with E-state index in [0.717, 1.165) is 32.4 Å². The van der Waals surface area contributed by atoms with E-state index in [4.69, 9.17) is 7.98 Å². The molecule has 3 rings (SSSR count). The van der Waals surface area contributed by atoms with Gasteiger partial charge in [-0.2, -0.15) is 0 Å². The zero-order valence-corrected chi connectivity index (χ0v) is 13.6. The fourth-order valence-corrected chi connectivity index (χ4v) is 3.08. The maximum absolute atomic E-state index is 12.0. The van der Waals surface area contributed by atoms with Crippen LogP contribution in [0.5, 0.6) is 0 Å². The zero-order chi connectivity index (χ0) is 16.2. The number of nitrogens with one attached hydrogen (secondary N) is 1. The van der Waals surface area contributed by atoms with Gasteiger partial charge in [-0.25, -0.2) is 0 Å². The van der Waals surface area contributed by atoms with E-state index in [1.807, 2.05) is 6.07 Å². The average molecular weight is 307 g/mol. The Morgan fingerprint density at radius 1 is 1.13 bits per heavy atom. The van der Waals surface area contributed by atoms with Crippen LogP contribution in [0.2, 0.25) is 0 Å². The molecule has 2 aromatic rings. The van der Waals surface area contributed by atoms with Crippen molar-refractivity contribution in [3.63, 3.8) is 0 Å². The Morgan fingerprint density at radius 2 is 1.91 bits per heavy atom. The van der Waals surface area contributed by atoms with E-state index in [9.17, 15) is 4.79 Å². The second-order valence-corrected chi connectivity index (χ2v) is 6.25. The molecule has 0 aliphatic carbocycles. The van der Waals surface area contributed by atoms with E-state index < -0.39 is 0 Å². The van der Waals surface area contributed by atoms with Crippen LogP contribution < -0.4 is 10.8 Å². The molecule has 0 unspecified atom stereocenters. The summed E-state index contributed by atoms with van der Waals surface area (Å²) in [6, 6.07) is 10.1. The van der Waals surface area contributed by atoms with Crippen molar-refractivity contribution in [3.8, 4) is 0 Å². The molecule has 1 N–H and O–H groups in total. The van der Waals surface area contributed by atoms with Gasteiger partial charge < -0.3 is 14.7 Å². The first kappa shape index (κ1) is 15.9. The minimum Gasteiger partial charge on any atom is -0.437 e. The Bertz CT molecular complexity index is 741. The SMILES string of the molecule is [B]Nc1ccn(CCc2ccc3c(c2)CCN(C)CC3)c(=O)c1. The van der Waals surface area contributed by atoms with Gasteiger partial charge in [0.05, 0.1) is 0 Å². The Labute approximate surface area is 138 Å². The van der Waals surface area contributed by atoms with Crippen LogP contribution in [-0.2, 0) is 25.8 Å². The van der Waals surface area contributed by atoms with Gasteiger partial charge in [-0.15, -0.1) is 0 Å². The second kappa shape index (κ2) is 7.05.